The van der Waals surface area contributed by atoms with Crippen molar-refractivity contribution in [1.82, 2.24) is 0 Å². The normalized spacial score (nSPS) is 10.8. The number of nitrogens with one attached hydrogen (secondary N) is 1. The average Bonchev–Trinajstić information content (AvgIpc) is 3.04. The van der Waals surface area contributed by atoms with Gasteiger partial charge in [-0.05, 0) is 43.9 Å². The van der Waals surface area contributed by atoms with Crippen LogP contribution < -0.4 is 5.32 Å². The summed E-state index contributed by atoms with van der Waals surface area (Å²) in [5.41, 5.74) is 1.09. The Balaban J connectivity index is 1.57. The van der Waals surface area contributed by atoms with Gasteiger partial charge in [-0.3, -0.25) is 9.59 Å². The van der Waals surface area contributed by atoms with E-state index in [0.717, 1.165) is 26.1 Å². The lowest BCUT2D eigenvalue weighted by Crippen LogP contribution is -2.22. The Hall–Kier alpha value is -2.55. The SMILES string of the molecule is CCOC(=O)c1c(NC(=O)COC(=O)CSc2cccc3cccc(Cl)c23)sc(C)c1C. The lowest BCUT2D eigenvalue weighted by molar-refractivity contribution is -0.144. The smallest absolute Gasteiger partial charge is 0.341 e. The average molecular weight is 492 g/mol. The van der Waals surface area contributed by atoms with Crippen LogP contribution in [0, 0.1) is 13.8 Å². The number of fused-ring (bicyclic) bond motifs is 1. The van der Waals surface area contributed by atoms with Crippen molar-refractivity contribution in [1.29, 1.82) is 0 Å². The summed E-state index contributed by atoms with van der Waals surface area (Å²) in [5, 5.41) is 5.50. The molecule has 3 rings (SSSR count). The van der Waals surface area contributed by atoms with Gasteiger partial charge in [-0.1, -0.05) is 35.9 Å². The molecule has 1 amide bonds. The van der Waals surface area contributed by atoms with E-state index in [9.17, 15) is 14.4 Å². The predicted octanol–water partition coefficient (Wildman–Crippen LogP) is 5.62. The molecule has 0 aliphatic heterocycles. The first kappa shape index (κ1) is 24.1. The highest BCUT2D eigenvalue weighted by molar-refractivity contribution is 8.00. The number of benzene rings is 2. The minimum absolute atomic E-state index is 0.0307. The molecule has 0 atom stereocenters. The second kappa shape index (κ2) is 10.8. The fraction of sp³-hybridized carbons (Fsp3) is 0.261. The number of thiophene rings is 1. The van der Waals surface area contributed by atoms with E-state index in [0.29, 0.717) is 15.6 Å². The van der Waals surface area contributed by atoms with Crippen molar-refractivity contribution < 1.29 is 23.9 Å². The molecule has 0 bridgehead atoms. The van der Waals surface area contributed by atoms with Crippen LogP contribution in [0.25, 0.3) is 10.8 Å². The summed E-state index contributed by atoms with van der Waals surface area (Å²) in [6.45, 7) is 5.15. The number of hydrogen-bond donors (Lipinski definition) is 1. The fourth-order valence-electron chi connectivity index (χ4n) is 3.03. The van der Waals surface area contributed by atoms with Gasteiger partial charge in [0.2, 0.25) is 0 Å². The van der Waals surface area contributed by atoms with Crippen LogP contribution in [-0.4, -0.2) is 36.8 Å². The zero-order valence-corrected chi connectivity index (χ0v) is 20.2. The number of anilines is 1. The molecular formula is C23H22ClNO5S2. The number of carbonyl (C=O) groups is 3. The Morgan fingerprint density at radius 1 is 1.09 bits per heavy atom. The minimum atomic E-state index is -0.529. The lowest BCUT2D eigenvalue weighted by Gasteiger charge is -2.09. The molecule has 168 valence electrons. The molecule has 3 aromatic rings. The number of carbonyl (C=O) groups excluding carboxylic acids is 3. The maximum Gasteiger partial charge on any atom is 0.341 e. The standard InChI is InChI=1S/C23H22ClNO5S2/c1-4-29-23(28)20-13(2)14(3)32-22(20)25-18(26)11-30-19(27)12-31-17-10-6-8-15-7-5-9-16(24)21(15)17/h5-10H,4,11-12H2,1-3H3,(H,25,26). The molecule has 0 spiro atoms. The van der Waals surface area contributed by atoms with E-state index in [2.05, 4.69) is 5.32 Å². The van der Waals surface area contributed by atoms with Gasteiger partial charge < -0.3 is 14.8 Å². The molecule has 1 aromatic heterocycles. The highest BCUT2D eigenvalue weighted by Gasteiger charge is 2.22. The first-order chi connectivity index (χ1) is 15.3. The monoisotopic (exact) mass is 491 g/mol. The number of halogens is 1. The maximum atomic E-state index is 12.3. The van der Waals surface area contributed by atoms with Crippen molar-refractivity contribution in [2.75, 3.05) is 24.3 Å². The zero-order valence-electron chi connectivity index (χ0n) is 17.8. The number of thioether (sulfide) groups is 1. The van der Waals surface area contributed by atoms with Crippen molar-refractivity contribution in [3.05, 3.63) is 57.4 Å². The Morgan fingerprint density at radius 3 is 2.53 bits per heavy atom. The molecule has 6 nitrogen and oxygen atoms in total. The molecule has 1 N–H and O–H groups in total. The van der Waals surface area contributed by atoms with Crippen LogP contribution in [0.2, 0.25) is 5.02 Å². The number of hydrogen-bond acceptors (Lipinski definition) is 7. The summed E-state index contributed by atoms with van der Waals surface area (Å²) < 4.78 is 10.2. The van der Waals surface area contributed by atoms with Crippen molar-refractivity contribution in [2.45, 2.75) is 25.7 Å². The van der Waals surface area contributed by atoms with Gasteiger partial charge in [0.25, 0.3) is 5.91 Å². The Labute approximate surface area is 199 Å². The van der Waals surface area contributed by atoms with Gasteiger partial charge >= 0.3 is 11.9 Å². The Morgan fingerprint density at radius 2 is 1.81 bits per heavy atom. The summed E-state index contributed by atoms with van der Waals surface area (Å²) in [6, 6.07) is 11.4. The molecule has 0 saturated carbocycles. The third-order valence-electron chi connectivity index (χ3n) is 4.64. The summed E-state index contributed by atoms with van der Waals surface area (Å²) in [5.74, 6) is -1.52. The van der Waals surface area contributed by atoms with Gasteiger partial charge in [-0.15, -0.1) is 23.1 Å². The Bertz CT molecular complexity index is 1170. The molecule has 1 heterocycles. The number of esters is 2. The lowest BCUT2D eigenvalue weighted by atomic mass is 10.1. The summed E-state index contributed by atoms with van der Waals surface area (Å²) in [6.07, 6.45) is 0. The van der Waals surface area contributed by atoms with Crippen LogP contribution in [0.15, 0.2) is 41.3 Å². The molecule has 32 heavy (non-hydrogen) atoms. The molecule has 9 heteroatoms. The van der Waals surface area contributed by atoms with Crippen molar-refractivity contribution >= 4 is 68.3 Å². The largest absolute Gasteiger partial charge is 0.462 e. The van der Waals surface area contributed by atoms with Crippen LogP contribution >= 0.6 is 34.7 Å². The molecular weight excluding hydrogens is 470 g/mol. The number of aryl methyl sites for hydroxylation is 1. The van der Waals surface area contributed by atoms with E-state index in [1.54, 1.807) is 19.9 Å². The molecule has 0 radical (unpaired) electrons. The van der Waals surface area contributed by atoms with Crippen molar-refractivity contribution in [3.8, 4) is 0 Å². The highest BCUT2D eigenvalue weighted by Crippen LogP contribution is 2.34. The van der Waals surface area contributed by atoms with Crippen LogP contribution in [0.1, 0.15) is 27.7 Å². The number of ether oxygens (including phenoxy) is 2. The third-order valence-corrected chi connectivity index (χ3v) is 7.11. The zero-order chi connectivity index (χ0) is 23.3. The maximum absolute atomic E-state index is 12.3. The van der Waals surface area contributed by atoms with Gasteiger partial charge in [-0.2, -0.15) is 0 Å². The summed E-state index contributed by atoms with van der Waals surface area (Å²) >= 11 is 8.88. The van der Waals surface area contributed by atoms with E-state index in [-0.39, 0.29) is 12.4 Å². The Kier molecular flexibility index (Phi) is 8.17. The van der Waals surface area contributed by atoms with E-state index >= 15 is 0 Å². The third kappa shape index (κ3) is 5.62. The van der Waals surface area contributed by atoms with E-state index in [1.807, 2.05) is 37.3 Å². The first-order valence-corrected chi connectivity index (χ1v) is 12.0. The molecule has 0 saturated heterocycles. The van der Waals surface area contributed by atoms with Gasteiger partial charge in [0.1, 0.15) is 5.00 Å². The van der Waals surface area contributed by atoms with Crippen LogP contribution in [0.5, 0.6) is 0 Å². The van der Waals surface area contributed by atoms with E-state index < -0.39 is 24.5 Å². The second-order valence-corrected chi connectivity index (χ2v) is 9.45. The number of rotatable bonds is 8. The van der Waals surface area contributed by atoms with Crippen molar-refractivity contribution in [2.24, 2.45) is 0 Å². The first-order valence-electron chi connectivity index (χ1n) is 9.84. The number of amides is 1. The molecule has 0 aliphatic carbocycles. The fourth-order valence-corrected chi connectivity index (χ4v) is 5.34. The van der Waals surface area contributed by atoms with Gasteiger partial charge in [-0.25, -0.2) is 4.79 Å². The molecule has 2 aromatic carbocycles. The second-order valence-electron chi connectivity index (χ2n) is 6.80. The van der Waals surface area contributed by atoms with Gasteiger partial charge in [0.05, 0.1) is 17.9 Å². The summed E-state index contributed by atoms with van der Waals surface area (Å²) in [4.78, 5) is 38.5. The molecule has 0 aliphatic rings. The van der Waals surface area contributed by atoms with Crippen LogP contribution in [0.3, 0.4) is 0 Å². The predicted molar refractivity (Wildman–Crippen MR) is 129 cm³/mol. The van der Waals surface area contributed by atoms with Crippen molar-refractivity contribution in [3.63, 3.8) is 0 Å². The highest BCUT2D eigenvalue weighted by atomic mass is 35.5. The minimum Gasteiger partial charge on any atom is -0.462 e. The summed E-state index contributed by atoms with van der Waals surface area (Å²) in [7, 11) is 0. The van der Waals surface area contributed by atoms with E-state index in [1.165, 1.54) is 23.1 Å². The topological polar surface area (TPSA) is 81.7 Å². The van der Waals surface area contributed by atoms with E-state index in [4.69, 9.17) is 21.1 Å². The van der Waals surface area contributed by atoms with Crippen LogP contribution in [0.4, 0.5) is 5.00 Å². The van der Waals surface area contributed by atoms with Gasteiger partial charge in [0, 0.05) is 20.2 Å². The quantitative estimate of drug-likeness (QED) is 0.325. The molecule has 0 fully saturated rings. The van der Waals surface area contributed by atoms with Gasteiger partial charge in [0.15, 0.2) is 6.61 Å². The molecule has 0 unspecified atom stereocenters. The van der Waals surface area contributed by atoms with Crippen LogP contribution in [-0.2, 0) is 19.1 Å².